The molecule has 2 rings (SSSR count). The van der Waals surface area contributed by atoms with E-state index in [1.54, 1.807) is 18.2 Å². The third kappa shape index (κ3) is 4.78. The summed E-state index contributed by atoms with van der Waals surface area (Å²) in [5.74, 6) is -3.61. The van der Waals surface area contributed by atoms with E-state index in [1.165, 1.54) is 12.0 Å². The average molecular weight is 361 g/mol. The number of benzene rings is 1. The fourth-order valence-electron chi connectivity index (χ4n) is 3.00. The first-order valence-corrected chi connectivity index (χ1v) is 8.07. The van der Waals surface area contributed by atoms with Crippen molar-refractivity contribution in [2.75, 3.05) is 26.8 Å². The molecule has 1 aliphatic heterocycles. The van der Waals surface area contributed by atoms with Crippen molar-refractivity contribution in [2.24, 2.45) is 11.8 Å². The van der Waals surface area contributed by atoms with E-state index >= 15 is 0 Å². The first-order chi connectivity index (χ1) is 11.8. The van der Waals surface area contributed by atoms with Gasteiger partial charge in [-0.1, -0.05) is 13.0 Å². The molecule has 8 heteroatoms. The Bertz CT molecular complexity index is 606. The molecule has 2 atom stereocenters. The molecule has 0 saturated carbocycles. The van der Waals surface area contributed by atoms with Gasteiger partial charge in [0.25, 0.3) is 0 Å². The quantitative estimate of drug-likeness (QED) is 0.808. The highest BCUT2D eigenvalue weighted by molar-refractivity contribution is 5.71. The van der Waals surface area contributed by atoms with Crippen LogP contribution in [0.3, 0.4) is 0 Å². The van der Waals surface area contributed by atoms with Crippen LogP contribution in [-0.2, 0) is 11.3 Å². The number of aliphatic carboxylic acids is 1. The van der Waals surface area contributed by atoms with Crippen LogP contribution in [-0.4, -0.2) is 49.0 Å². The van der Waals surface area contributed by atoms with E-state index in [0.29, 0.717) is 18.1 Å². The summed E-state index contributed by atoms with van der Waals surface area (Å²) >= 11 is 0. The molecule has 0 amide bonds. The zero-order valence-electron chi connectivity index (χ0n) is 14.2. The molecule has 0 unspecified atom stereocenters. The number of methoxy groups -OCH3 is 1. The Hall–Kier alpha value is -1.96. The van der Waals surface area contributed by atoms with Crippen molar-refractivity contribution < 1.29 is 32.5 Å². The van der Waals surface area contributed by atoms with Crippen LogP contribution in [0.1, 0.15) is 18.9 Å². The number of halogens is 3. The lowest BCUT2D eigenvalue weighted by Gasteiger charge is -2.19. The summed E-state index contributed by atoms with van der Waals surface area (Å²) in [5, 5.41) is 9.07. The Morgan fingerprint density at radius 2 is 2.04 bits per heavy atom. The van der Waals surface area contributed by atoms with Gasteiger partial charge in [0.15, 0.2) is 11.5 Å². The maximum absolute atomic E-state index is 13.0. The molecule has 25 heavy (non-hydrogen) atoms. The summed E-state index contributed by atoms with van der Waals surface area (Å²) < 4.78 is 50.0. The van der Waals surface area contributed by atoms with Gasteiger partial charge in [-0.05, 0) is 24.1 Å². The fraction of sp³-hybridized carbons (Fsp3) is 0.588. The van der Waals surface area contributed by atoms with Crippen LogP contribution in [0.5, 0.6) is 11.5 Å². The molecule has 0 aromatic heterocycles. The van der Waals surface area contributed by atoms with Crippen molar-refractivity contribution in [3.8, 4) is 11.5 Å². The van der Waals surface area contributed by atoms with Crippen LogP contribution in [0.15, 0.2) is 18.2 Å². The van der Waals surface area contributed by atoms with E-state index in [4.69, 9.17) is 14.6 Å². The van der Waals surface area contributed by atoms with Crippen LogP contribution >= 0.6 is 0 Å². The van der Waals surface area contributed by atoms with Gasteiger partial charge < -0.3 is 14.6 Å². The smallest absolute Gasteiger partial charge is 0.393 e. The monoisotopic (exact) mass is 361 g/mol. The molecule has 1 aliphatic rings. The van der Waals surface area contributed by atoms with Gasteiger partial charge in [-0.2, -0.15) is 13.2 Å². The molecule has 0 spiro atoms. The number of carboxylic acid groups (broad SMARTS) is 1. The van der Waals surface area contributed by atoms with Gasteiger partial charge in [0, 0.05) is 19.6 Å². The Morgan fingerprint density at radius 1 is 1.32 bits per heavy atom. The minimum atomic E-state index is -4.52. The molecule has 1 aromatic rings. The van der Waals surface area contributed by atoms with Crippen LogP contribution in [0.25, 0.3) is 0 Å². The number of carbonyl (C=O) groups is 1. The van der Waals surface area contributed by atoms with Crippen LogP contribution < -0.4 is 9.47 Å². The number of likely N-dealkylation sites (tertiary alicyclic amines) is 1. The number of nitrogens with zero attached hydrogens (tertiary/aromatic N) is 1. The van der Waals surface area contributed by atoms with Crippen molar-refractivity contribution in [1.29, 1.82) is 0 Å². The zero-order valence-corrected chi connectivity index (χ0v) is 14.2. The van der Waals surface area contributed by atoms with Gasteiger partial charge in [-0.25, -0.2) is 0 Å². The van der Waals surface area contributed by atoms with Crippen molar-refractivity contribution in [3.05, 3.63) is 23.8 Å². The molecule has 1 aromatic carbocycles. The molecular formula is C17H22F3NO4. The average Bonchev–Trinajstić information content (AvgIpc) is 2.98. The Kier molecular flexibility index (Phi) is 6.16. The van der Waals surface area contributed by atoms with Crippen molar-refractivity contribution in [2.45, 2.75) is 26.1 Å². The van der Waals surface area contributed by atoms with Gasteiger partial charge in [-0.3, -0.25) is 9.69 Å². The van der Waals surface area contributed by atoms with Crippen LogP contribution in [0, 0.1) is 11.8 Å². The summed E-state index contributed by atoms with van der Waals surface area (Å²) in [6.45, 7) is 2.28. The van der Waals surface area contributed by atoms with E-state index in [9.17, 15) is 18.0 Å². The Balaban J connectivity index is 2.10. The van der Waals surface area contributed by atoms with E-state index < -0.39 is 24.0 Å². The number of hydrogen-bond donors (Lipinski definition) is 1. The van der Waals surface area contributed by atoms with Gasteiger partial charge in [0.2, 0.25) is 0 Å². The number of alkyl halides is 3. The second-order valence-electron chi connectivity index (χ2n) is 6.12. The predicted octanol–water partition coefficient (Wildman–Crippen LogP) is 3.18. The van der Waals surface area contributed by atoms with Crippen molar-refractivity contribution >= 4 is 5.97 Å². The van der Waals surface area contributed by atoms with Crippen molar-refractivity contribution in [1.82, 2.24) is 4.90 Å². The van der Waals surface area contributed by atoms with Crippen LogP contribution in [0.2, 0.25) is 0 Å². The maximum atomic E-state index is 13.0. The molecule has 0 radical (unpaired) electrons. The molecule has 1 saturated heterocycles. The second kappa shape index (κ2) is 7.95. The maximum Gasteiger partial charge on any atom is 0.393 e. The number of carboxylic acids is 1. The number of ether oxygens (including phenoxy) is 2. The van der Waals surface area contributed by atoms with Gasteiger partial charge in [0.1, 0.15) is 0 Å². The van der Waals surface area contributed by atoms with Crippen molar-refractivity contribution in [3.63, 3.8) is 0 Å². The largest absolute Gasteiger partial charge is 0.493 e. The van der Waals surface area contributed by atoms with E-state index in [1.807, 2.05) is 6.92 Å². The molecule has 1 N–H and O–H groups in total. The lowest BCUT2D eigenvalue weighted by Crippen LogP contribution is -2.33. The first-order valence-electron chi connectivity index (χ1n) is 8.07. The molecule has 1 fully saturated rings. The third-order valence-corrected chi connectivity index (χ3v) is 4.23. The number of hydrogen-bond acceptors (Lipinski definition) is 4. The minimum Gasteiger partial charge on any atom is -0.493 e. The second-order valence-corrected chi connectivity index (χ2v) is 6.12. The zero-order chi connectivity index (χ0) is 18.6. The lowest BCUT2D eigenvalue weighted by molar-refractivity contribution is -0.188. The summed E-state index contributed by atoms with van der Waals surface area (Å²) in [7, 11) is 1.49. The van der Waals surface area contributed by atoms with E-state index in [2.05, 4.69) is 0 Å². The summed E-state index contributed by atoms with van der Waals surface area (Å²) in [6, 6.07) is 5.18. The fourth-order valence-corrected chi connectivity index (χ4v) is 3.00. The number of rotatable bonds is 7. The lowest BCUT2D eigenvalue weighted by atomic mass is 9.96. The molecule has 140 valence electrons. The Labute approximate surface area is 144 Å². The standard InChI is InChI=1S/C17H22F3NO4/c1-3-6-25-14-5-4-11(7-15(14)24-2)8-21-9-12(16(22)23)13(10-21)17(18,19)20/h4-5,7,12-13H,3,6,8-10H2,1-2H3,(H,22,23)/t12-,13-/m1/s1. The highest BCUT2D eigenvalue weighted by Crippen LogP contribution is 2.38. The predicted molar refractivity (Wildman–Crippen MR) is 84.7 cm³/mol. The minimum absolute atomic E-state index is 0.129. The highest BCUT2D eigenvalue weighted by atomic mass is 19.4. The first kappa shape index (κ1) is 19.4. The van der Waals surface area contributed by atoms with E-state index in [-0.39, 0.29) is 19.6 Å². The topological polar surface area (TPSA) is 59.0 Å². The van der Waals surface area contributed by atoms with Gasteiger partial charge in [0.05, 0.1) is 25.6 Å². The summed E-state index contributed by atoms with van der Waals surface area (Å²) in [4.78, 5) is 12.7. The van der Waals surface area contributed by atoms with E-state index in [0.717, 1.165) is 12.0 Å². The molecule has 1 heterocycles. The molecule has 0 aliphatic carbocycles. The van der Waals surface area contributed by atoms with Gasteiger partial charge >= 0.3 is 12.1 Å². The molecular weight excluding hydrogens is 339 g/mol. The normalized spacial score (nSPS) is 21.3. The summed E-state index contributed by atoms with van der Waals surface area (Å²) in [5.41, 5.74) is 0.743. The Morgan fingerprint density at radius 3 is 2.56 bits per heavy atom. The summed E-state index contributed by atoms with van der Waals surface area (Å²) in [6.07, 6.45) is -3.68. The SMILES string of the molecule is CCCOc1ccc(CN2C[C@@H](C(F)(F)F)[C@H](C(=O)O)C2)cc1OC. The van der Waals surface area contributed by atoms with Crippen LogP contribution in [0.4, 0.5) is 13.2 Å². The molecule has 5 nitrogen and oxygen atoms in total. The highest BCUT2D eigenvalue weighted by Gasteiger charge is 2.52. The third-order valence-electron chi connectivity index (χ3n) is 4.23. The van der Waals surface area contributed by atoms with Gasteiger partial charge in [-0.15, -0.1) is 0 Å². The molecule has 0 bridgehead atoms.